The fraction of sp³-hybridized carbons (Fsp3) is 0.133. The third-order valence-electron chi connectivity index (χ3n) is 3.45. The SMILES string of the molecule is NC(=O)N(c1ccc2c(c1)OCO2)c1ccc2c(c1)OCO2. The summed E-state index contributed by atoms with van der Waals surface area (Å²) in [5, 5.41) is 0. The molecular formula is C15H12N2O5. The van der Waals surface area contributed by atoms with Gasteiger partial charge < -0.3 is 24.7 Å². The number of nitrogens with two attached hydrogens (primary N) is 1. The summed E-state index contributed by atoms with van der Waals surface area (Å²) < 4.78 is 21.2. The standard InChI is InChI=1S/C15H12N2O5/c16-15(18)17(9-1-3-11-13(5-9)21-7-19-11)10-2-4-12-14(6-10)22-8-20-12/h1-6H,7-8H2,(H2,16,18). The Bertz CT molecular complexity index is 704. The summed E-state index contributed by atoms with van der Waals surface area (Å²) in [6.45, 7) is 0.332. The summed E-state index contributed by atoms with van der Waals surface area (Å²) in [6, 6.07) is 9.75. The summed E-state index contributed by atoms with van der Waals surface area (Å²) in [6.07, 6.45) is 0. The molecule has 2 aliphatic rings. The van der Waals surface area contributed by atoms with E-state index >= 15 is 0 Å². The van der Waals surface area contributed by atoms with Gasteiger partial charge in [-0.25, -0.2) is 4.79 Å². The van der Waals surface area contributed by atoms with E-state index in [4.69, 9.17) is 24.7 Å². The fourth-order valence-corrected chi connectivity index (χ4v) is 2.45. The molecule has 0 spiro atoms. The molecule has 0 atom stereocenters. The van der Waals surface area contributed by atoms with Crippen LogP contribution in [0, 0.1) is 0 Å². The van der Waals surface area contributed by atoms with Crippen molar-refractivity contribution in [3.8, 4) is 23.0 Å². The molecule has 7 heteroatoms. The lowest BCUT2D eigenvalue weighted by Crippen LogP contribution is -2.31. The van der Waals surface area contributed by atoms with E-state index in [0.717, 1.165) is 0 Å². The number of hydrogen-bond donors (Lipinski definition) is 1. The zero-order valence-electron chi connectivity index (χ0n) is 11.4. The van der Waals surface area contributed by atoms with Crippen LogP contribution in [-0.2, 0) is 0 Å². The third kappa shape index (κ3) is 1.95. The van der Waals surface area contributed by atoms with Crippen LogP contribution in [0.15, 0.2) is 36.4 Å². The Hall–Kier alpha value is -3.09. The van der Waals surface area contributed by atoms with Crippen LogP contribution >= 0.6 is 0 Å². The van der Waals surface area contributed by atoms with Crippen molar-refractivity contribution in [1.29, 1.82) is 0 Å². The van der Waals surface area contributed by atoms with Crippen LogP contribution in [0.5, 0.6) is 23.0 Å². The van der Waals surface area contributed by atoms with Crippen LogP contribution < -0.4 is 29.6 Å². The lowest BCUT2D eigenvalue weighted by atomic mass is 10.2. The van der Waals surface area contributed by atoms with Gasteiger partial charge >= 0.3 is 6.03 Å². The number of primary amides is 1. The van der Waals surface area contributed by atoms with Crippen molar-refractivity contribution in [2.24, 2.45) is 5.73 Å². The molecule has 2 amide bonds. The van der Waals surface area contributed by atoms with E-state index in [0.29, 0.717) is 34.4 Å². The van der Waals surface area contributed by atoms with Gasteiger partial charge in [-0.05, 0) is 24.3 Å². The molecular weight excluding hydrogens is 288 g/mol. The van der Waals surface area contributed by atoms with Crippen LogP contribution in [-0.4, -0.2) is 19.6 Å². The molecule has 2 aromatic carbocycles. The van der Waals surface area contributed by atoms with Crippen molar-refractivity contribution in [2.75, 3.05) is 18.5 Å². The van der Waals surface area contributed by atoms with Crippen molar-refractivity contribution >= 4 is 17.4 Å². The van der Waals surface area contributed by atoms with Gasteiger partial charge in [-0.2, -0.15) is 0 Å². The highest BCUT2D eigenvalue weighted by Gasteiger charge is 2.22. The van der Waals surface area contributed by atoms with Gasteiger partial charge in [0.05, 0.1) is 11.4 Å². The van der Waals surface area contributed by atoms with Crippen molar-refractivity contribution < 1.29 is 23.7 Å². The van der Waals surface area contributed by atoms with Crippen LogP contribution in [0.1, 0.15) is 0 Å². The maximum atomic E-state index is 11.9. The number of ether oxygens (including phenoxy) is 4. The van der Waals surface area contributed by atoms with E-state index in [9.17, 15) is 4.79 Å². The fourth-order valence-electron chi connectivity index (χ4n) is 2.45. The topological polar surface area (TPSA) is 83.3 Å². The highest BCUT2D eigenvalue weighted by atomic mass is 16.7. The van der Waals surface area contributed by atoms with Gasteiger partial charge in [-0.3, -0.25) is 4.90 Å². The molecule has 4 rings (SSSR count). The second kappa shape index (κ2) is 4.73. The molecule has 7 nitrogen and oxygen atoms in total. The number of amides is 2. The Kier molecular flexibility index (Phi) is 2.72. The number of carbonyl (C=O) groups is 1. The number of carbonyl (C=O) groups excluding carboxylic acids is 1. The first kappa shape index (κ1) is 12.6. The lowest BCUT2D eigenvalue weighted by Gasteiger charge is -2.21. The molecule has 0 unspecified atom stereocenters. The molecule has 2 aromatic rings. The smallest absolute Gasteiger partial charge is 0.323 e. The van der Waals surface area contributed by atoms with Gasteiger partial charge in [-0.15, -0.1) is 0 Å². The minimum absolute atomic E-state index is 0.166. The van der Waals surface area contributed by atoms with Crippen LogP contribution in [0.4, 0.5) is 16.2 Å². The maximum absolute atomic E-state index is 11.9. The average molecular weight is 300 g/mol. The maximum Gasteiger partial charge on any atom is 0.323 e. The summed E-state index contributed by atoms with van der Waals surface area (Å²) in [4.78, 5) is 13.3. The molecule has 2 aliphatic heterocycles. The predicted octanol–water partition coefficient (Wildman–Crippen LogP) is 2.36. The van der Waals surface area contributed by atoms with Gasteiger partial charge in [0.25, 0.3) is 0 Å². The van der Waals surface area contributed by atoms with Gasteiger partial charge in [0.2, 0.25) is 13.6 Å². The molecule has 0 bridgehead atoms. The predicted molar refractivity (Wildman–Crippen MR) is 76.9 cm³/mol. The normalized spacial score (nSPS) is 14.0. The molecule has 0 saturated heterocycles. The minimum Gasteiger partial charge on any atom is -0.454 e. The van der Waals surface area contributed by atoms with Crippen LogP contribution in [0.3, 0.4) is 0 Å². The Morgan fingerprint density at radius 3 is 1.73 bits per heavy atom. The van der Waals surface area contributed by atoms with Gasteiger partial charge in [0.15, 0.2) is 23.0 Å². The van der Waals surface area contributed by atoms with E-state index in [1.54, 1.807) is 36.4 Å². The monoisotopic (exact) mass is 300 g/mol. The zero-order chi connectivity index (χ0) is 15.1. The zero-order valence-corrected chi connectivity index (χ0v) is 11.4. The number of fused-ring (bicyclic) bond motifs is 2. The molecule has 0 aromatic heterocycles. The van der Waals surface area contributed by atoms with E-state index in [1.807, 2.05) is 0 Å². The largest absolute Gasteiger partial charge is 0.454 e. The Labute approximate surface area is 125 Å². The number of rotatable bonds is 2. The Balaban J connectivity index is 1.76. The number of benzene rings is 2. The minimum atomic E-state index is -0.613. The number of nitrogens with zero attached hydrogens (tertiary/aromatic N) is 1. The van der Waals surface area contributed by atoms with Crippen molar-refractivity contribution in [3.05, 3.63) is 36.4 Å². The third-order valence-corrected chi connectivity index (χ3v) is 3.45. The van der Waals surface area contributed by atoms with E-state index in [1.165, 1.54) is 4.90 Å². The van der Waals surface area contributed by atoms with E-state index < -0.39 is 6.03 Å². The highest BCUT2D eigenvalue weighted by Crippen LogP contribution is 2.40. The molecule has 0 fully saturated rings. The quantitative estimate of drug-likeness (QED) is 0.920. The summed E-state index contributed by atoms with van der Waals surface area (Å²) in [7, 11) is 0. The first-order valence-electron chi connectivity index (χ1n) is 6.61. The summed E-state index contributed by atoms with van der Waals surface area (Å²) in [5.41, 5.74) is 6.69. The highest BCUT2D eigenvalue weighted by molar-refractivity contribution is 5.99. The molecule has 112 valence electrons. The molecule has 0 radical (unpaired) electrons. The average Bonchev–Trinajstić information content (AvgIpc) is 3.14. The van der Waals surface area contributed by atoms with Crippen molar-refractivity contribution in [3.63, 3.8) is 0 Å². The van der Waals surface area contributed by atoms with Crippen LogP contribution in [0.2, 0.25) is 0 Å². The van der Waals surface area contributed by atoms with Crippen molar-refractivity contribution in [2.45, 2.75) is 0 Å². The molecule has 2 N–H and O–H groups in total. The molecule has 2 heterocycles. The Morgan fingerprint density at radius 1 is 0.818 bits per heavy atom. The number of anilines is 2. The van der Waals surface area contributed by atoms with Gasteiger partial charge in [0, 0.05) is 12.1 Å². The second-order valence-corrected chi connectivity index (χ2v) is 4.75. The summed E-state index contributed by atoms with van der Waals surface area (Å²) in [5.74, 6) is 2.42. The first-order chi connectivity index (χ1) is 10.7. The molecule has 0 saturated carbocycles. The van der Waals surface area contributed by atoms with Crippen molar-refractivity contribution in [1.82, 2.24) is 0 Å². The molecule has 0 aliphatic carbocycles. The van der Waals surface area contributed by atoms with Gasteiger partial charge in [-0.1, -0.05) is 0 Å². The van der Waals surface area contributed by atoms with Crippen LogP contribution in [0.25, 0.3) is 0 Å². The van der Waals surface area contributed by atoms with E-state index in [2.05, 4.69) is 0 Å². The number of urea groups is 1. The first-order valence-corrected chi connectivity index (χ1v) is 6.61. The number of hydrogen-bond acceptors (Lipinski definition) is 5. The Morgan fingerprint density at radius 2 is 1.27 bits per heavy atom. The van der Waals surface area contributed by atoms with E-state index in [-0.39, 0.29) is 13.6 Å². The van der Waals surface area contributed by atoms with Gasteiger partial charge in [0.1, 0.15) is 0 Å². The lowest BCUT2D eigenvalue weighted by molar-refractivity contribution is 0.173. The summed E-state index contributed by atoms with van der Waals surface area (Å²) >= 11 is 0. The second-order valence-electron chi connectivity index (χ2n) is 4.75. The molecule has 22 heavy (non-hydrogen) atoms.